The Labute approximate surface area is 103 Å². The van der Waals surface area contributed by atoms with Crippen molar-refractivity contribution in [1.82, 2.24) is 0 Å². The largest absolute Gasteiger partial charge is 0.416 e. The summed E-state index contributed by atoms with van der Waals surface area (Å²) in [4.78, 5) is 0. The van der Waals surface area contributed by atoms with E-state index in [2.05, 4.69) is 0 Å². The molecule has 0 aliphatic carbocycles. The molecular formula is C13H16F4O. The Kier molecular flexibility index (Phi) is 4.73. The average Bonchev–Trinajstić information content (AvgIpc) is 2.28. The van der Waals surface area contributed by atoms with E-state index >= 15 is 0 Å². The van der Waals surface area contributed by atoms with Gasteiger partial charge in [-0.05, 0) is 29.7 Å². The minimum absolute atomic E-state index is 0.0176. The maximum atomic E-state index is 13.2. The molecule has 0 radical (unpaired) electrons. The standard InChI is InChI=1S/C13H16F4O/c1-3-8(4-2)12(18)9-5-10(13(15,16)17)7-11(14)6-9/h5-8,12,18H,3-4H2,1-2H3. The summed E-state index contributed by atoms with van der Waals surface area (Å²) < 4.78 is 50.8. The van der Waals surface area contributed by atoms with Gasteiger partial charge in [-0.1, -0.05) is 26.7 Å². The first-order chi connectivity index (χ1) is 8.29. The molecule has 1 unspecified atom stereocenters. The number of benzene rings is 1. The number of aliphatic hydroxyl groups excluding tert-OH is 1. The number of halogens is 4. The normalized spacial score (nSPS) is 14.0. The smallest absolute Gasteiger partial charge is 0.388 e. The van der Waals surface area contributed by atoms with Crippen molar-refractivity contribution in [2.24, 2.45) is 5.92 Å². The van der Waals surface area contributed by atoms with Crippen LogP contribution in [0.3, 0.4) is 0 Å². The molecule has 1 aromatic carbocycles. The van der Waals surface area contributed by atoms with Crippen molar-refractivity contribution in [1.29, 1.82) is 0 Å². The summed E-state index contributed by atoms with van der Waals surface area (Å²) in [6.45, 7) is 3.67. The summed E-state index contributed by atoms with van der Waals surface area (Å²) in [5, 5.41) is 9.96. The predicted molar refractivity (Wildman–Crippen MR) is 60.4 cm³/mol. The molecule has 0 saturated heterocycles. The van der Waals surface area contributed by atoms with Gasteiger partial charge in [0.15, 0.2) is 0 Å². The molecule has 0 fully saturated rings. The fraction of sp³-hybridized carbons (Fsp3) is 0.538. The van der Waals surface area contributed by atoms with E-state index in [-0.39, 0.29) is 11.5 Å². The zero-order chi connectivity index (χ0) is 13.9. The minimum atomic E-state index is -4.61. The molecule has 1 aromatic rings. The van der Waals surface area contributed by atoms with E-state index in [1.54, 1.807) is 0 Å². The molecule has 5 heteroatoms. The van der Waals surface area contributed by atoms with E-state index in [1.807, 2.05) is 13.8 Å². The SMILES string of the molecule is CCC(CC)C(O)c1cc(F)cc(C(F)(F)F)c1. The Morgan fingerprint density at radius 3 is 2.11 bits per heavy atom. The molecule has 0 heterocycles. The lowest BCUT2D eigenvalue weighted by Crippen LogP contribution is -2.13. The van der Waals surface area contributed by atoms with Crippen LogP contribution in [-0.4, -0.2) is 5.11 Å². The van der Waals surface area contributed by atoms with Crippen LogP contribution in [0.1, 0.15) is 43.9 Å². The van der Waals surface area contributed by atoms with E-state index in [0.29, 0.717) is 18.9 Å². The molecule has 1 nitrogen and oxygen atoms in total. The van der Waals surface area contributed by atoms with Gasteiger partial charge < -0.3 is 5.11 Å². The highest BCUT2D eigenvalue weighted by Crippen LogP contribution is 2.34. The quantitative estimate of drug-likeness (QED) is 0.803. The molecule has 102 valence electrons. The summed E-state index contributed by atoms with van der Waals surface area (Å²) in [7, 11) is 0. The second-order valence-electron chi connectivity index (χ2n) is 4.29. The van der Waals surface area contributed by atoms with Crippen molar-refractivity contribution in [2.75, 3.05) is 0 Å². The number of alkyl halides is 3. The van der Waals surface area contributed by atoms with Gasteiger partial charge in [-0.25, -0.2) is 4.39 Å². The molecule has 18 heavy (non-hydrogen) atoms. The lowest BCUT2D eigenvalue weighted by molar-refractivity contribution is -0.137. The van der Waals surface area contributed by atoms with Gasteiger partial charge in [0.05, 0.1) is 11.7 Å². The molecule has 1 atom stereocenters. The van der Waals surface area contributed by atoms with Crippen LogP contribution >= 0.6 is 0 Å². The Balaban J connectivity index is 3.13. The molecule has 0 amide bonds. The van der Waals surface area contributed by atoms with E-state index in [9.17, 15) is 22.7 Å². The second kappa shape index (κ2) is 5.69. The van der Waals surface area contributed by atoms with Gasteiger partial charge in [-0.15, -0.1) is 0 Å². The Hall–Kier alpha value is -1.10. The fourth-order valence-electron chi connectivity index (χ4n) is 1.95. The Bertz CT molecular complexity index is 396. The zero-order valence-corrected chi connectivity index (χ0v) is 10.3. The third-order valence-electron chi connectivity index (χ3n) is 3.08. The molecular weight excluding hydrogens is 248 g/mol. The van der Waals surface area contributed by atoms with Gasteiger partial charge in [-0.2, -0.15) is 13.2 Å². The van der Waals surface area contributed by atoms with Crippen molar-refractivity contribution in [3.63, 3.8) is 0 Å². The topological polar surface area (TPSA) is 20.2 Å². The third kappa shape index (κ3) is 3.45. The first-order valence-corrected chi connectivity index (χ1v) is 5.85. The van der Waals surface area contributed by atoms with Gasteiger partial charge in [0.1, 0.15) is 5.82 Å². The molecule has 1 N–H and O–H groups in total. The maximum Gasteiger partial charge on any atom is 0.416 e. The van der Waals surface area contributed by atoms with Crippen LogP contribution in [0.4, 0.5) is 17.6 Å². The third-order valence-corrected chi connectivity index (χ3v) is 3.08. The lowest BCUT2D eigenvalue weighted by atomic mass is 9.90. The van der Waals surface area contributed by atoms with Crippen LogP contribution in [-0.2, 0) is 6.18 Å². The van der Waals surface area contributed by atoms with Gasteiger partial charge in [-0.3, -0.25) is 0 Å². The number of rotatable bonds is 4. The highest BCUT2D eigenvalue weighted by Gasteiger charge is 2.32. The lowest BCUT2D eigenvalue weighted by Gasteiger charge is -2.21. The van der Waals surface area contributed by atoms with Crippen LogP contribution in [0, 0.1) is 11.7 Å². The predicted octanol–water partition coefficient (Wildman–Crippen LogP) is 4.31. The van der Waals surface area contributed by atoms with E-state index < -0.39 is 23.7 Å². The number of hydrogen-bond donors (Lipinski definition) is 1. The molecule has 1 rings (SSSR count). The highest BCUT2D eigenvalue weighted by molar-refractivity contribution is 5.28. The second-order valence-corrected chi connectivity index (χ2v) is 4.29. The van der Waals surface area contributed by atoms with Gasteiger partial charge in [0.25, 0.3) is 0 Å². The summed E-state index contributed by atoms with van der Waals surface area (Å²) in [5.74, 6) is -1.15. The molecule has 0 bridgehead atoms. The van der Waals surface area contributed by atoms with E-state index in [0.717, 1.165) is 12.1 Å². The zero-order valence-electron chi connectivity index (χ0n) is 10.3. The van der Waals surface area contributed by atoms with Crippen LogP contribution in [0.25, 0.3) is 0 Å². The summed E-state index contributed by atoms with van der Waals surface area (Å²) in [5.41, 5.74) is -1.08. The number of aliphatic hydroxyl groups is 1. The maximum absolute atomic E-state index is 13.2. The van der Waals surface area contributed by atoms with Crippen LogP contribution < -0.4 is 0 Å². The summed E-state index contributed by atoms with van der Waals surface area (Å²) >= 11 is 0. The van der Waals surface area contributed by atoms with Crippen LogP contribution in [0.15, 0.2) is 18.2 Å². The first-order valence-electron chi connectivity index (χ1n) is 5.85. The van der Waals surface area contributed by atoms with Crippen molar-refractivity contribution >= 4 is 0 Å². The summed E-state index contributed by atoms with van der Waals surface area (Å²) in [6.07, 6.45) is -4.44. The highest BCUT2D eigenvalue weighted by atomic mass is 19.4. The van der Waals surface area contributed by atoms with E-state index in [1.165, 1.54) is 0 Å². The van der Waals surface area contributed by atoms with Crippen molar-refractivity contribution in [3.05, 3.63) is 35.1 Å². The minimum Gasteiger partial charge on any atom is -0.388 e. The monoisotopic (exact) mass is 264 g/mol. The van der Waals surface area contributed by atoms with E-state index in [4.69, 9.17) is 0 Å². The van der Waals surface area contributed by atoms with Crippen molar-refractivity contribution in [2.45, 2.75) is 39.0 Å². The van der Waals surface area contributed by atoms with Crippen molar-refractivity contribution in [3.8, 4) is 0 Å². The first kappa shape index (κ1) is 15.0. The van der Waals surface area contributed by atoms with Crippen LogP contribution in [0.2, 0.25) is 0 Å². The fourth-order valence-corrected chi connectivity index (χ4v) is 1.95. The summed E-state index contributed by atoms with van der Waals surface area (Å²) in [6, 6.07) is 2.20. The molecule has 0 spiro atoms. The average molecular weight is 264 g/mol. The van der Waals surface area contributed by atoms with Gasteiger partial charge in [0, 0.05) is 0 Å². The van der Waals surface area contributed by atoms with Crippen molar-refractivity contribution < 1.29 is 22.7 Å². The molecule has 0 aliphatic heterocycles. The molecule has 0 saturated carbocycles. The Morgan fingerprint density at radius 1 is 1.11 bits per heavy atom. The number of hydrogen-bond acceptors (Lipinski definition) is 1. The van der Waals surface area contributed by atoms with Crippen LogP contribution in [0.5, 0.6) is 0 Å². The van der Waals surface area contributed by atoms with Gasteiger partial charge >= 0.3 is 6.18 Å². The molecule has 0 aliphatic rings. The van der Waals surface area contributed by atoms with Gasteiger partial charge in [0.2, 0.25) is 0 Å². The Morgan fingerprint density at radius 2 is 1.67 bits per heavy atom. The molecule has 0 aromatic heterocycles.